The van der Waals surface area contributed by atoms with E-state index in [1.807, 2.05) is 37.3 Å². The van der Waals surface area contributed by atoms with Crippen molar-refractivity contribution in [3.63, 3.8) is 0 Å². The molecule has 1 fully saturated rings. The van der Waals surface area contributed by atoms with Crippen molar-refractivity contribution >= 4 is 15.9 Å². The Morgan fingerprint density at radius 2 is 1.89 bits per heavy atom. The van der Waals surface area contributed by atoms with Crippen molar-refractivity contribution in [3.05, 3.63) is 47.3 Å². The number of carbonyl (C=O) groups is 1. The fraction of sp³-hybridized carbons (Fsp3) is 0.500. The van der Waals surface area contributed by atoms with Crippen LogP contribution in [0.15, 0.2) is 39.8 Å². The van der Waals surface area contributed by atoms with Crippen molar-refractivity contribution < 1.29 is 17.7 Å². The Balaban J connectivity index is 1.53. The summed E-state index contributed by atoms with van der Waals surface area (Å²) in [5.74, 6) is 0.497. The Labute approximate surface area is 166 Å². The lowest BCUT2D eigenvalue weighted by Gasteiger charge is -2.31. The predicted octanol–water partition coefficient (Wildman–Crippen LogP) is 2.96. The fourth-order valence-electron chi connectivity index (χ4n) is 3.71. The number of nitrogens with one attached hydrogen (secondary N) is 1. The molecule has 2 aromatic rings. The van der Waals surface area contributed by atoms with Crippen LogP contribution in [0.5, 0.6) is 0 Å². The molecule has 1 aliphatic rings. The van der Waals surface area contributed by atoms with Gasteiger partial charge >= 0.3 is 0 Å². The molecule has 1 aliphatic heterocycles. The van der Waals surface area contributed by atoms with E-state index in [1.54, 1.807) is 13.8 Å². The minimum absolute atomic E-state index is 0.00313. The number of hydrogen-bond donors (Lipinski definition) is 1. The van der Waals surface area contributed by atoms with Crippen LogP contribution < -0.4 is 5.32 Å². The van der Waals surface area contributed by atoms with Crippen LogP contribution in [0.3, 0.4) is 0 Å². The van der Waals surface area contributed by atoms with E-state index in [9.17, 15) is 13.2 Å². The number of aryl methyl sites for hydroxylation is 2. The quantitative estimate of drug-likeness (QED) is 0.798. The summed E-state index contributed by atoms with van der Waals surface area (Å²) in [5.41, 5.74) is 1.45. The van der Waals surface area contributed by atoms with E-state index in [1.165, 1.54) is 4.31 Å². The van der Waals surface area contributed by atoms with Crippen molar-refractivity contribution in [2.45, 2.75) is 51.0 Å². The highest BCUT2D eigenvalue weighted by Gasteiger charge is 2.34. The Morgan fingerprint density at radius 3 is 2.46 bits per heavy atom. The highest BCUT2D eigenvalue weighted by atomic mass is 32.2. The summed E-state index contributed by atoms with van der Waals surface area (Å²) in [7, 11) is -3.61. The molecule has 0 spiro atoms. The van der Waals surface area contributed by atoms with Crippen molar-refractivity contribution in [1.82, 2.24) is 14.8 Å². The van der Waals surface area contributed by atoms with Crippen molar-refractivity contribution in [1.29, 1.82) is 0 Å². The van der Waals surface area contributed by atoms with Gasteiger partial charge in [0.1, 0.15) is 10.6 Å². The summed E-state index contributed by atoms with van der Waals surface area (Å²) in [4.78, 5) is 12.6. The van der Waals surface area contributed by atoms with Gasteiger partial charge in [0.15, 0.2) is 5.76 Å². The molecule has 3 rings (SSSR count). The van der Waals surface area contributed by atoms with Gasteiger partial charge in [-0.3, -0.25) is 4.79 Å². The first-order valence-corrected chi connectivity index (χ1v) is 11.0. The second-order valence-corrected chi connectivity index (χ2v) is 9.28. The van der Waals surface area contributed by atoms with Crippen LogP contribution in [0.4, 0.5) is 0 Å². The van der Waals surface area contributed by atoms with Gasteiger partial charge in [0.05, 0.1) is 6.04 Å². The van der Waals surface area contributed by atoms with Crippen LogP contribution in [0.25, 0.3) is 0 Å². The second kappa shape index (κ2) is 8.45. The first-order chi connectivity index (χ1) is 13.3. The first-order valence-electron chi connectivity index (χ1n) is 9.56. The molecule has 28 heavy (non-hydrogen) atoms. The number of hydrogen-bond acceptors (Lipinski definition) is 5. The van der Waals surface area contributed by atoms with Gasteiger partial charge in [-0.1, -0.05) is 35.5 Å². The molecule has 0 saturated carbocycles. The summed E-state index contributed by atoms with van der Waals surface area (Å²) in [6.45, 7) is 6.01. The van der Waals surface area contributed by atoms with Gasteiger partial charge in [0.2, 0.25) is 15.9 Å². The van der Waals surface area contributed by atoms with Crippen molar-refractivity contribution in [2.24, 2.45) is 5.92 Å². The third-order valence-corrected chi connectivity index (χ3v) is 7.43. The first kappa shape index (κ1) is 20.5. The van der Waals surface area contributed by atoms with Gasteiger partial charge < -0.3 is 9.84 Å². The van der Waals surface area contributed by atoms with Gasteiger partial charge in [-0.05, 0) is 45.1 Å². The molecule has 0 bridgehead atoms. The maximum absolute atomic E-state index is 12.9. The molecule has 0 aliphatic carbocycles. The summed E-state index contributed by atoms with van der Waals surface area (Å²) in [5, 5.41) is 6.78. The zero-order chi connectivity index (χ0) is 20.3. The maximum Gasteiger partial charge on any atom is 0.248 e. The molecule has 152 valence electrons. The van der Waals surface area contributed by atoms with Crippen LogP contribution in [0.2, 0.25) is 0 Å². The van der Waals surface area contributed by atoms with E-state index in [-0.39, 0.29) is 22.8 Å². The van der Waals surface area contributed by atoms with Crippen LogP contribution in [-0.4, -0.2) is 36.9 Å². The Morgan fingerprint density at radius 1 is 1.25 bits per heavy atom. The van der Waals surface area contributed by atoms with E-state index in [2.05, 4.69) is 10.5 Å². The lowest BCUT2D eigenvalue weighted by atomic mass is 9.94. The smallest absolute Gasteiger partial charge is 0.248 e. The molecule has 0 radical (unpaired) electrons. The number of nitrogens with zero attached hydrogens (tertiary/aromatic N) is 2. The molecule has 7 nitrogen and oxygen atoms in total. The third-order valence-electron chi connectivity index (χ3n) is 5.29. The molecule has 1 aromatic heterocycles. The Hall–Kier alpha value is -2.19. The van der Waals surface area contributed by atoms with E-state index >= 15 is 0 Å². The third kappa shape index (κ3) is 4.44. The molecular formula is C20H27N3O4S. The fourth-order valence-corrected chi connectivity index (χ4v) is 5.47. The average molecular weight is 406 g/mol. The van der Waals surface area contributed by atoms with Gasteiger partial charge in [0.25, 0.3) is 0 Å². The van der Waals surface area contributed by atoms with Gasteiger partial charge in [-0.25, -0.2) is 8.42 Å². The minimum Gasteiger partial charge on any atom is -0.360 e. The zero-order valence-corrected chi connectivity index (χ0v) is 17.3. The maximum atomic E-state index is 12.9. The summed E-state index contributed by atoms with van der Waals surface area (Å²) in [6.07, 6.45) is 1.74. The lowest BCUT2D eigenvalue weighted by Crippen LogP contribution is -2.40. The van der Waals surface area contributed by atoms with Gasteiger partial charge in [-0.15, -0.1) is 0 Å². The Bertz CT molecular complexity index is 897. The lowest BCUT2D eigenvalue weighted by molar-refractivity contribution is -0.122. The van der Waals surface area contributed by atoms with Crippen LogP contribution >= 0.6 is 0 Å². The molecule has 0 unspecified atom stereocenters. The number of rotatable bonds is 6. The second-order valence-electron chi connectivity index (χ2n) is 7.40. The number of aromatic nitrogens is 1. The van der Waals surface area contributed by atoms with Crippen LogP contribution in [0, 0.1) is 19.8 Å². The predicted molar refractivity (Wildman–Crippen MR) is 105 cm³/mol. The van der Waals surface area contributed by atoms with Crippen LogP contribution in [-0.2, 0) is 14.8 Å². The van der Waals surface area contributed by atoms with Gasteiger partial charge in [0, 0.05) is 19.5 Å². The molecule has 1 N–H and O–H groups in total. The summed E-state index contributed by atoms with van der Waals surface area (Å²) in [6, 6.07) is 9.78. The number of sulfonamides is 1. The standard InChI is InChI=1S/C20H27N3O4S/c1-14(18-7-5-4-6-8-18)21-19(24)13-17-9-11-23(12-10-17)28(25,26)20-15(2)22-27-16(20)3/h4-8,14,17H,9-13H2,1-3H3,(H,21,24)/t14-/m0/s1. The van der Waals surface area contributed by atoms with Crippen LogP contribution in [0.1, 0.15) is 49.2 Å². The number of amides is 1. The van der Waals surface area contributed by atoms with E-state index in [0.29, 0.717) is 43.8 Å². The largest absolute Gasteiger partial charge is 0.360 e. The monoisotopic (exact) mass is 405 g/mol. The zero-order valence-electron chi connectivity index (χ0n) is 16.5. The van der Waals surface area contributed by atoms with Crippen molar-refractivity contribution in [2.75, 3.05) is 13.1 Å². The molecule has 1 aromatic carbocycles. The van der Waals surface area contributed by atoms with E-state index in [0.717, 1.165) is 5.56 Å². The molecule has 1 saturated heterocycles. The van der Waals surface area contributed by atoms with Gasteiger partial charge in [-0.2, -0.15) is 4.31 Å². The highest BCUT2D eigenvalue weighted by Crippen LogP contribution is 2.28. The SMILES string of the molecule is Cc1noc(C)c1S(=O)(=O)N1CCC(CC(=O)N[C@@H](C)c2ccccc2)CC1. The topological polar surface area (TPSA) is 92.5 Å². The Kier molecular flexibility index (Phi) is 6.20. The summed E-state index contributed by atoms with van der Waals surface area (Å²) >= 11 is 0. The molecule has 1 amide bonds. The molecule has 8 heteroatoms. The highest BCUT2D eigenvalue weighted by molar-refractivity contribution is 7.89. The number of benzene rings is 1. The van der Waals surface area contributed by atoms with Crippen molar-refractivity contribution in [3.8, 4) is 0 Å². The summed E-state index contributed by atoms with van der Waals surface area (Å²) < 4.78 is 32.2. The molecule has 2 heterocycles. The normalized spacial score (nSPS) is 17.4. The molecular weight excluding hydrogens is 378 g/mol. The van der Waals surface area contributed by atoms with E-state index in [4.69, 9.17) is 4.52 Å². The molecule has 1 atom stereocenters. The average Bonchev–Trinajstić information content (AvgIpc) is 3.01. The minimum atomic E-state index is -3.61. The number of piperidine rings is 1. The van der Waals surface area contributed by atoms with E-state index < -0.39 is 10.0 Å². The number of carbonyl (C=O) groups excluding carboxylic acids is 1.